The van der Waals surface area contributed by atoms with E-state index < -0.39 is 5.82 Å². The summed E-state index contributed by atoms with van der Waals surface area (Å²) in [6.45, 7) is 3.90. The van der Waals surface area contributed by atoms with E-state index in [1.807, 2.05) is 13.8 Å². The van der Waals surface area contributed by atoms with Gasteiger partial charge in [0.2, 0.25) is 0 Å². The lowest BCUT2D eigenvalue weighted by molar-refractivity contribution is 0.0664. The van der Waals surface area contributed by atoms with Crippen molar-refractivity contribution >= 4 is 21.8 Å². The largest absolute Gasteiger partial charge is 0.395 e. The Morgan fingerprint density at radius 2 is 2.18 bits per heavy atom. The van der Waals surface area contributed by atoms with Crippen molar-refractivity contribution in [2.75, 3.05) is 13.2 Å². The average molecular weight is 304 g/mol. The highest BCUT2D eigenvalue weighted by Crippen LogP contribution is 2.20. The number of aliphatic hydroxyl groups is 1. The van der Waals surface area contributed by atoms with E-state index in [2.05, 4.69) is 15.9 Å². The van der Waals surface area contributed by atoms with Crippen molar-refractivity contribution < 1.29 is 14.3 Å². The van der Waals surface area contributed by atoms with Crippen LogP contribution in [0.25, 0.3) is 0 Å². The summed E-state index contributed by atoms with van der Waals surface area (Å²) in [5, 5.41) is 8.93. The predicted molar refractivity (Wildman–Crippen MR) is 67.4 cm³/mol. The number of rotatable bonds is 4. The third kappa shape index (κ3) is 3.51. The van der Waals surface area contributed by atoms with Gasteiger partial charge in [0.25, 0.3) is 5.91 Å². The average Bonchev–Trinajstić information content (AvgIpc) is 2.24. The number of nitrogens with zero attached hydrogens (tertiary/aromatic N) is 1. The van der Waals surface area contributed by atoms with Gasteiger partial charge in [-0.05, 0) is 48.0 Å². The molecule has 0 saturated heterocycles. The summed E-state index contributed by atoms with van der Waals surface area (Å²) in [7, 11) is 0. The van der Waals surface area contributed by atoms with Crippen LogP contribution < -0.4 is 0 Å². The Balaban J connectivity index is 3.01. The number of amides is 1. The molecule has 0 aliphatic rings. The van der Waals surface area contributed by atoms with E-state index in [4.69, 9.17) is 5.11 Å². The molecule has 0 heterocycles. The SMILES string of the molecule is CC(C)N(CCO)C(=O)c1ccc(F)cc1Br. The van der Waals surface area contributed by atoms with Crippen LogP contribution in [0, 0.1) is 5.82 Å². The van der Waals surface area contributed by atoms with Crippen molar-refractivity contribution in [3.05, 3.63) is 34.1 Å². The number of benzene rings is 1. The molecule has 17 heavy (non-hydrogen) atoms. The van der Waals surface area contributed by atoms with Gasteiger partial charge in [-0.2, -0.15) is 0 Å². The maximum absolute atomic E-state index is 12.9. The van der Waals surface area contributed by atoms with E-state index in [1.165, 1.54) is 23.1 Å². The Kier molecular flexibility index (Phi) is 5.08. The van der Waals surface area contributed by atoms with Gasteiger partial charge in [0, 0.05) is 17.1 Å². The minimum Gasteiger partial charge on any atom is -0.395 e. The van der Waals surface area contributed by atoms with Gasteiger partial charge >= 0.3 is 0 Å². The number of carbonyl (C=O) groups is 1. The summed E-state index contributed by atoms with van der Waals surface area (Å²) >= 11 is 3.17. The fraction of sp³-hybridized carbons (Fsp3) is 0.417. The normalized spacial score (nSPS) is 10.7. The molecule has 0 aliphatic heterocycles. The Morgan fingerprint density at radius 3 is 2.65 bits per heavy atom. The molecule has 1 aromatic rings. The van der Waals surface area contributed by atoms with Crippen molar-refractivity contribution in [3.8, 4) is 0 Å². The highest BCUT2D eigenvalue weighted by molar-refractivity contribution is 9.10. The first-order chi connectivity index (χ1) is 7.97. The van der Waals surface area contributed by atoms with E-state index >= 15 is 0 Å². The van der Waals surface area contributed by atoms with Gasteiger partial charge in [-0.3, -0.25) is 4.79 Å². The third-order valence-corrected chi connectivity index (χ3v) is 3.04. The number of carbonyl (C=O) groups excluding carboxylic acids is 1. The van der Waals surface area contributed by atoms with Gasteiger partial charge in [0.15, 0.2) is 0 Å². The van der Waals surface area contributed by atoms with Crippen LogP contribution in [-0.4, -0.2) is 35.1 Å². The molecule has 0 atom stereocenters. The number of halogens is 2. The first-order valence-corrected chi connectivity index (χ1v) is 6.13. The van der Waals surface area contributed by atoms with Crippen molar-refractivity contribution in [3.63, 3.8) is 0 Å². The minimum absolute atomic E-state index is 0.0217. The van der Waals surface area contributed by atoms with Gasteiger partial charge in [-0.15, -0.1) is 0 Å². The lowest BCUT2D eigenvalue weighted by atomic mass is 10.1. The molecule has 0 aliphatic carbocycles. The summed E-state index contributed by atoms with van der Waals surface area (Å²) in [5.74, 6) is -0.618. The second kappa shape index (κ2) is 6.12. The second-order valence-corrected chi connectivity index (χ2v) is 4.79. The maximum Gasteiger partial charge on any atom is 0.255 e. The summed E-state index contributed by atoms with van der Waals surface area (Å²) in [5.41, 5.74) is 0.397. The summed E-state index contributed by atoms with van der Waals surface area (Å²) in [6.07, 6.45) is 0. The molecule has 1 aromatic carbocycles. The number of hydrogen-bond donors (Lipinski definition) is 1. The molecule has 0 radical (unpaired) electrons. The van der Waals surface area contributed by atoms with Crippen LogP contribution in [-0.2, 0) is 0 Å². The highest BCUT2D eigenvalue weighted by Gasteiger charge is 2.20. The monoisotopic (exact) mass is 303 g/mol. The Bertz CT molecular complexity index is 409. The Morgan fingerprint density at radius 1 is 1.53 bits per heavy atom. The molecule has 0 bridgehead atoms. The summed E-state index contributed by atoms with van der Waals surface area (Å²) in [4.78, 5) is 13.7. The molecule has 5 heteroatoms. The standard InChI is InChI=1S/C12H15BrFNO2/c1-8(2)15(5-6-16)12(17)10-4-3-9(14)7-11(10)13/h3-4,7-8,16H,5-6H2,1-2H3. The lowest BCUT2D eigenvalue weighted by Crippen LogP contribution is -2.39. The van der Waals surface area contributed by atoms with Crippen LogP contribution in [0.5, 0.6) is 0 Å². The molecule has 3 nitrogen and oxygen atoms in total. The zero-order valence-corrected chi connectivity index (χ0v) is 11.4. The highest BCUT2D eigenvalue weighted by atomic mass is 79.9. The molecule has 1 amide bonds. The molecular formula is C12H15BrFNO2. The van der Waals surface area contributed by atoms with Gasteiger partial charge in [0.1, 0.15) is 5.82 Å². The van der Waals surface area contributed by atoms with Crippen molar-refractivity contribution in [1.82, 2.24) is 4.90 Å². The first-order valence-electron chi connectivity index (χ1n) is 5.34. The molecule has 0 fully saturated rings. The van der Waals surface area contributed by atoms with E-state index in [9.17, 15) is 9.18 Å². The number of hydrogen-bond acceptors (Lipinski definition) is 2. The summed E-state index contributed by atoms with van der Waals surface area (Å²) < 4.78 is 13.3. The van der Waals surface area contributed by atoms with Gasteiger partial charge < -0.3 is 10.0 Å². The molecule has 0 unspecified atom stereocenters. The quantitative estimate of drug-likeness (QED) is 0.928. The Hall–Kier alpha value is -0.940. The number of aliphatic hydroxyl groups excluding tert-OH is 1. The van der Waals surface area contributed by atoms with Crippen LogP contribution in [0.2, 0.25) is 0 Å². The van der Waals surface area contributed by atoms with E-state index in [-0.39, 0.29) is 25.1 Å². The fourth-order valence-corrected chi connectivity index (χ4v) is 2.04. The van der Waals surface area contributed by atoms with Gasteiger partial charge in [-0.1, -0.05) is 0 Å². The molecule has 0 saturated carbocycles. The third-order valence-electron chi connectivity index (χ3n) is 2.39. The van der Waals surface area contributed by atoms with E-state index in [0.29, 0.717) is 10.0 Å². The molecule has 94 valence electrons. The van der Waals surface area contributed by atoms with Crippen LogP contribution in [0.3, 0.4) is 0 Å². The fourth-order valence-electron chi connectivity index (χ4n) is 1.52. The topological polar surface area (TPSA) is 40.5 Å². The van der Waals surface area contributed by atoms with Crippen LogP contribution in [0.15, 0.2) is 22.7 Å². The zero-order valence-electron chi connectivity index (χ0n) is 9.78. The minimum atomic E-state index is -0.397. The van der Waals surface area contributed by atoms with E-state index in [1.54, 1.807) is 0 Å². The van der Waals surface area contributed by atoms with Gasteiger partial charge in [0.05, 0.1) is 12.2 Å². The molecule has 0 spiro atoms. The van der Waals surface area contributed by atoms with Crippen LogP contribution in [0.4, 0.5) is 4.39 Å². The van der Waals surface area contributed by atoms with Crippen molar-refractivity contribution in [2.45, 2.75) is 19.9 Å². The second-order valence-electron chi connectivity index (χ2n) is 3.94. The first kappa shape index (κ1) is 14.1. The molecule has 0 aromatic heterocycles. The Labute approximate surface area is 108 Å². The van der Waals surface area contributed by atoms with Gasteiger partial charge in [-0.25, -0.2) is 4.39 Å². The predicted octanol–water partition coefficient (Wildman–Crippen LogP) is 2.43. The van der Waals surface area contributed by atoms with E-state index in [0.717, 1.165) is 0 Å². The molecule has 1 N–H and O–H groups in total. The molecular weight excluding hydrogens is 289 g/mol. The van der Waals surface area contributed by atoms with Crippen LogP contribution in [0.1, 0.15) is 24.2 Å². The maximum atomic E-state index is 12.9. The zero-order chi connectivity index (χ0) is 13.0. The van der Waals surface area contributed by atoms with Crippen LogP contribution >= 0.6 is 15.9 Å². The lowest BCUT2D eigenvalue weighted by Gasteiger charge is -2.26. The van der Waals surface area contributed by atoms with Crippen molar-refractivity contribution in [2.24, 2.45) is 0 Å². The smallest absolute Gasteiger partial charge is 0.255 e. The van der Waals surface area contributed by atoms with Crippen molar-refractivity contribution in [1.29, 1.82) is 0 Å². The summed E-state index contributed by atoms with van der Waals surface area (Å²) in [6, 6.07) is 3.92. The molecule has 1 rings (SSSR count).